The van der Waals surface area contributed by atoms with Crippen molar-refractivity contribution in [2.24, 2.45) is 0 Å². The van der Waals surface area contributed by atoms with Crippen LogP contribution < -0.4 is 4.74 Å². The Morgan fingerprint density at radius 2 is 2.00 bits per heavy atom. The molecule has 0 unspecified atom stereocenters. The van der Waals surface area contributed by atoms with Gasteiger partial charge in [0.2, 0.25) is 0 Å². The van der Waals surface area contributed by atoms with Crippen molar-refractivity contribution in [1.82, 2.24) is 9.55 Å². The minimum atomic E-state index is 0.650. The Labute approximate surface area is 161 Å². The van der Waals surface area contributed by atoms with Crippen LogP contribution in [0.5, 0.6) is 5.75 Å². The number of benzene rings is 2. The van der Waals surface area contributed by atoms with Gasteiger partial charge < -0.3 is 9.30 Å². The van der Waals surface area contributed by atoms with E-state index in [2.05, 4.69) is 40.3 Å². The van der Waals surface area contributed by atoms with E-state index in [-0.39, 0.29) is 0 Å². The van der Waals surface area contributed by atoms with Crippen molar-refractivity contribution in [3.05, 3.63) is 70.6 Å². The number of ether oxygens (including phenoxy) is 1. The normalized spacial score (nSPS) is 11.2. The van der Waals surface area contributed by atoms with E-state index >= 15 is 0 Å². The highest BCUT2D eigenvalue weighted by molar-refractivity contribution is 7.13. The van der Waals surface area contributed by atoms with E-state index < -0.39 is 0 Å². The highest BCUT2D eigenvalue weighted by Gasteiger charge is 2.12. The van der Waals surface area contributed by atoms with Gasteiger partial charge in [-0.25, -0.2) is 4.98 Å². The van der Waals surface area contributed by atoms with Crippen LogP contribution in [0, 0.1) is 6.92 Å². The molecule has 0 saturated carbocycles. The van der Waals surface area contributed by atoms with E-state index in [1.807, 2.05) is 31.2 Å². The topological polar surface area (TPSA) is 27.1 Å². The summed E-state index contributed by atoms with van der Waals surface area (Å²) in [5.41, 5.74) is 3.23. The highest BCUT2D eigenvalue weighted by Crippen LogP contribution is 2.28. The lowest BCUT2D eigenvalue weighted by Gasteiger charge is -2.10. The summed E-state index contributed by atoms with van der Waals surface area (Å²) in [7, 11) is 0. The second kappa shape index (κ2) is 7.52. The molecule has 0 amide bonds. The average molecular weight is 383 g/mol. The number of halogens is 1. The Morgan fingerprint density at radius 3 is 2.81 bits per heavy atom. The fraction of sp³-hybridized carbons (Fsp3) is 0.190. The molecule has 0 N–H and O–H groups in total. The number of aromatic nitrogens is 2. The van der Waals surface area contributed by atoms with E-state index in [1.54, 1.807) is 11.3 Å². The summed E-state index contributed by atoms with van der Waals surface area (Å²) in [6.45, 7) is 3.50. The van der Waals surface area contributed by atoms with Gasteiger partial charge in [0.15, 0.2) is 5.82 Å². The van der Waals surface area contributed by atoms with Crippen LogP contribution in [0.3, 0.4) is 0 Å². The maximum absolute atomic E-state index is 6.07. The maximum atomic E-state index is 6.07. The molecule has 4 rings (SSSR count). The fourth-order valence-corrected chi connectivity index (χ4v) is 3.86. The van der Waals surface area contributed by atoms with E-state index in [1.165, 1.54) is 10.4 Å². The number of para-hydroxylation sites is 2. The second-order valence-electron chi connectivity index (χ2n) is 6.17. The Kier molecular flexibility index (Phi) is 4.96. The number of aryl methyl sites for hydroxylation is 2. The zero-order valence-electron chi connectivity index (χ0n) is 14.5. The summed E-state index contributed by atoms with van der Waals surface area (Å²) < 4.78 is 8.18. The molecular formula is C21H19ClN2OS. The van der Waals surface area contributed by atoms with Crippen LogP contribution in [0.15, 0.2) is 60.0 Å². The van der Waals surface area contributed by atoms with Crippen LogP contribution in [0.1, 0.15) is 12.0 Å². The summed E-state index contributed by atoms with van der Waals surface area (Å²) in [5.74, 6) is 1.89. The largest absolute Gasteiger partial charge is 0.494 e. The second-order valence-corrected chi connectivity index (χ2v) is 7.52. The zero-order chi connectivity index (χ0) is 17.9. The lowest BCUT2D eigenvalue weighted by atomic mass is 10.2. The number of imidazole rings is 1. The van der Waals surface area contributed by atoms with Crippen LogP contribution in [0.2, 0.25) is 5.02 Å². The van der Waals surface area contributed by atoms with Crippen molar-refractivity contribution in [2.75, 3.05) is 6.61 Å². The first kappa shape index (κ1) is 17.1. The Bertz CT molecular complexity index is 1020. The summed E-state index contributed by atoms with van der Waals surface area (Å²) in [6.07, 6.45) is 0.903. The molecule has 0 fully saturated rings. The number of hydrogen-bond acceptors (Lipinski definition) is 3. The summed E-state index contributed by atoms with van der Waals surface area (Å²) >= 11 is 7.78. The van der Waals surface area contributed by atoms with Gasteiger partial charge in [0.1, 0.15) is 5.75 Å². The number of thiophene rings is 1. The molecule has 0 aliphatic carbocycles. The van der Waals surface area contributed by atoms with Crippen molar-refractivity contribution in [3.8, 4) is 16.5 Å². The standard InChI is InChI=1S/C21H19ClN2OS/c1-15-14-16(9-10-17(15)22)25-12-5-11-24-19-7-3-2-6-18(19)23-21(24)20-8-4-13-26-20/h2-4,6-10,13-14H,5,11-12H2,1H3. The molecule has 5 heteroatoms. The molecule has 0 atom stereocenters. The predicted octanol–water partition coefficient (Wildman–Crippen LogP) is 6.20. The van der Waals surface area contributed by atoms with Crippen molar-refractivity contribution in [3.63, 3.8) is 0 Å². The van der Waals surface area contributed by atoms with E-state index in [9.17, 15) is 0 Å². The van der Waals surface area contributed by atoms with Crippen LogP contribution in [0.25, 0.3) is 21.7 Å². The molecule has 2 heterocycles. The first-order valence-corrected chi connectivity index (χ1v) is 9.86. The molecule has 2 aromatic carbocycles. The lowest BCUT2D eigenvalue weighted by molar-refractivity contribution is 0.302. The molecule has 0 aliphatic rings. The van der Waals surface area contributed by atoms with Gasteiger partial charge in [-0.3, -0.25) is 0 Å². The smallest absolute Gasteiger partial charge is 0.151 e. The van der Waals surface area contributed by atoms with Gasteiger partial charge in [0.05, 0.1) is 22.5 Å². The summed E-state index contributed by atoms with van der Waals surface area (Å²) in [4.78, 5) is 6.02. The summed E-state index contributed by atoms with van der Waals surface area (Å²) in [6, 6.07) is 18.2. The third kappa shape index (κ3) is 3.48. The number of rotatable bonds is 6. The van der Waals surface area contributed by atoms with E-state index in [0.29, 0.717) is 6.61 Å². The third-order valence-electron chi connectivity index (χ3n) is 4.32. The number of nitrogens with zero attached hydrogens (tertiary/aromatic N) is 2. The van der Waals surface area contributed by atoms with Gasteiger partial charge in [0, 0.05) is 11.6 Å². The molecule has 26 heavy (non-hydrogen) atoms. The van der Waals surface area contributed by atoms with E-state index in [0.717, 1.165) is 40.6 Å². The lowest BCUT2D eigenvalue weighted by Crippen LogP contribution is -2.06. The van der Waals surface area contributed by atoms with Crippen molar-refractivity contribution in [2.45, 2.75) is 19.9 Å². The first-order valence-electron chi connectivity index (χ1n) is 8.60. The van der Waals surface area contributed by atoms with Gasteiger partial charge in [-0.2, -0.15) is 0 Å². The van der Waals surface area contributed by atoms with Crippen LogP contribution >= 0.6 is 22.9 Å². The van der Waals surface area contributed by atoms with Gasteiger partial charge >= 0.3 is 0 Å². The number of fused-ring (bicyclic) bond motifs is 1. The first-order chi connectivity index (χ1) is 12.7. The van der Waals surface area contributed by atoms with Crippen LogP contribution in [0.4, 0.5) is 0 Å². The Balaban J connectivity index is 1.50. The monoisotopic (exact) mass is 382 g/mol. The molecule has 0 bridgehead atoms. The summed E-state index contributed by atoms with van der Waals surface area (Å²) in [5, 5.41) is 2.85. The van der Waals surface area contributed by atoms with Gasteiger partial charge in [0.25, 0.3) is 0 Å². The van der Waals surface area contributed by atoms with Gasteiger partial charge in [-0.15, -0.1) is 11.3 Å². The van der Waals surface area contributed by atoms with Crippen molar-refractivity contribution in [1.29, 1.82) is 0 Å². The highest BCUT2D eigenvalue weighted by atomic mass is 35.5. The maximum Gasteiger partial charge on any atom is 0.151 e. The molecule has 0 aliphatic heterocycles. The molecule has 132 valence electrons. The quantitative estimate of drug-likeness (QED) is 0.371. The average Bonchev–Trinajstić information content (AvgIpc) is 3.29. The van der Waals surface area contributed by atoms with Crippen LogP contribution in [-0.2, 0) is 6.54 Å². The fourth-order valence-electron chi connectivity index (χ4n) is 3.02. The van der Waals surface area contributed by atoms with Gasteiger partial charge in [-0.1, -0.05) is 29.8 Å². The predicted molar refractivity (Wildman–Crippen MR) is 109 cm³/mol. The van der Waals surface area contributed by atoms with Crippen LogP contribution in [-0.4, -0.2) is 16.2 Å². The molecule has 0 spiro atoms. The Hall–Kier alpha value is -2.30. The van der Waals surface area contributed by atoms with Crippen molar-refractivity contribution < 1.29 is 4.74 Å². The SMILES string of the molecule is Cc1cc(OCCCn2c(-c3cccs3)nc3ccccc32)ccc1Cl. The molecule has 4 aromatic rings. The number of hydrogen-bond donors (Lipinski definition) is 0. The zero-order valence-corrected chi connectivity index (χ0v) is 16.1. The molecule has 3 nitrogen and oxygen atoms in total. The minimum Gasteiger partial charge on any atom is -0.494 e. The molecule has 0 saturated heterocycles. The minimum absolute atomic E-state index is 0.650. The van der Waals surface area contributed by atoms with Crippen molar-refractivity contribution >= 4 is 34.0 Å². The molecule has 0 radical (unpaired) electrons. The molecular weight excluding hydrogens is 364 g/mol. The Morgan fingerprint density at radius 1 is 1.12 bits per heavy atom. The molecule has 2 aromatic heterocycles. The van der Waals surface area contributed by atoms with E-state index in [4.69, 9.17) is 21.3 Å². The third-order valence-corrected chi connectivity index (χ3v) is 5.61. The van der Waals surface area contributed by atoms with Gasteiger partial charge in [-0.05, 0) is 60.7 Å².